The van der Waals surface area contributed by atoms with E-state index in [0.29, 0.717) is 19.0 Å². The highest BCUT2D eigenvalue weighted by atomic mass is 16.6. The average Bonchev–Trinajstić information content (AvgIpc) is 2.59. The Labute approximate surface area is 134 Å². The van der Waals surface area contributed by atoms with Gasteiger partial charge in [-0.3, -0.25) is 10.1 Å². The quantitative estimate of drug-likeness (QED) is 0.399. The summed E-state index contributed by atoms with van der Waals surface area (Å²) in [6.45, 7) is 1.15. The van der Waals surface area contributed by atoms with Crippen molar-refractivity contribution in [2.45, 2.75) is 12.8 Å². The van der Waals surface area contributed by atoms with E-state index in [-0.39, 0.29) is 5.69 Å². The number of rotatable bonds is 9. The van der Waals surface area contributed by atoms with Gasteiger partial charge in [0.05, 0.1) is 25.2 Å². The Morgan fingerprint density at radius 1 is 0.826 bits per heavy atom. The summed E-state index contributed by atoms with van der Waals surface area (Å²) in [4.78, 5) is 10.1. The Balaban J connectivity index is 1.60. The van der Waals surface area contributed by atoms with E-state index in [2.05, 4.69) is 0 Å². The Hall–Kier alpha value is -2.76. The van der Waals surface area contributed by atoms with Gasteiger partial charge in [-0.15, -0.1) is 0 Å². The Kier molecular flexibility index (Phi) is 6.23. The van der Waals surface area contributed by atoms with Crippen molar-refractivity contribution in [3.8, 4) is 17.2 Å². The molecule has 0 aromatic heterocycles. The van der Waals surface area contributed by atoms with Crippen molar-refractivity contribution < 1.29 is 19.1 Å². The summed E-state index contributed by atoms with van der Waals surface area (Å²) in [7, 11) is 1.63. The number of ether oxygens (including phenoxy) is 3. The normalized spacial score (nSPS) is 10.1. The average molecular weight is 317 g/mol. The van der Waals surface area contributed by atoms with Crippen molar-refractivity contribution in [2.75, 3.05) is 20.3 Å². The van der Waals surface area contributed by atoms with Gasteiger partial charge in [-0.1, -0.05) is 0 Å². The molecule has 0 amide bonds. The predicted octanol–water partition coefficient (Wildman–Crippen LogP) is 3.84. The lowest BCUT2D eigenvalue weighted by Gasteiger charge is -2.08. The third-order valence-corrected chi connectivity index (χ3v) is 3.18. The van der Waals surface area contributed by atoms with Crippen LogP contribution >= 0.6 is 0 Å². The first-order chi connectivity index (χ1) is 11.2. The zero-order valence-corrected chi connectivity index (χ0v) is 12.9. The molecule has 2 aromatic rings. The van der Waals surface area contributed by atoms with Crippen LogP contribution in [-0.2, 0) is 0 Å². The zero-order chi connectivity index (χ0) is 16.5. The van der Waals surface area contributed by atoms with Crippen LogP contribution in [0.15, 0.2) is 48.5 Å². The second-order valence-electron chi connectivity index (χ2n) is 4.83. The van der Waals surface area contributed by atoms with E-state index in [1.54, 1.807) is 19.2 Å². The Morgan fingerprint density at radius 3 is 1.70 bits per heavy atom. The smallest absolute Gasteiger partial charge is 0.269 e. The second-order valence-corrected chi connectivity index (χ2v) is 4.83. The first-order valence-electron chi connectivity index (χ1n) is 7.33. The highest BCUT2D eigenvalue weighted by molar-refractivity contribution is 5.36. The Morgan fingerprint density at radius 2 is 1.26 bits per heavy atom. The lowest BCUT2D eigenvalue weighted by atomic mass is 10.3. The SMILES string of the molecule is COc1ccc(OCCCCOc2ccc([N+](=O)[O-])cc2)cc1. The maximum absolute atomic E-state index is 10.5. The van der Waals surface area contributed by atoms with Crippen LogP contribution in [-0.4, -0.2) is 25.2 Å². The van der Waals surface area contributed by atoms with Crippen LogP contribution in [0.4, 0.5) is 5.69 Å². The molecule has 0 saturated heterocycles. The molecule has 0 fully saturated rings. The molecule has 0 radical (unpaired) electrons. The summed E-state index contributed by atoms with van der Waals surface area (Å²) in [5.74, 6) is 2.24. The van der Waals surface area contributed by atoms with Crippen LogP contribution in [0.2, 0.25) is 0 Å². The lowest BCUT2D eigenvalue weighted by Crippen LogP contribution is -2.02. The summed E-state index contributed by atoms with van der Waals surface area (Å²) >= 11 is 0. The molecule has 0 bridgehead atoms. The van der Waals surface area contributed by atoms with Crippen LogP contribution in [0.3, 0.4) is 0 Å². The summed E-state index contributed by atoms with van der Waals surface area (Å²) in [6, 6.07) is 13.5. The minimum atomic E-state index is -0.430. The largest absolute Gasteiger partial charge is 0.497 e. The second kappa shape index (κ2) is 8.63. The minimum Gasteiger partial charge on any atom is -0.497 e. The van der Waals surface area contributed by atoms with E-state index in [1.807, 2.05) is 24.3 Å². The highest BCUT2D eigenvalue weighted by Crippen LogP contribution is 2.18. The topological polar surface area (TPSA) is 70.8 Å². The van der Waals surface area contributed by atoms with Crippen LogP contribution in [0, 0.1) is 10.1 Å². The maximum Gasteiger partial charge on any atom is 0.269 e. The number of nitro benzene ring substituents is 1. The number of hydrogen-bond donors (Lipinski definition) is 0. The van der Waals surface area contributed by atoms with Gasteiger partial charge >= 0.3 is 0 Å². The fourth-order valence-electron chi connectivity index (χ4n) is 1.92. The van der Waals surface area contributed by atoms with E-state index in [0.717, 1.165) is 24.3 Å². The van der Waals surface area contributed by atoms with E-state index >= 15 is 0 Å². The molecule has 6 nitrogen and oxygen atoms in total. The van der Waals surface area contributed by atoms with Crippen molar-refractivity contribution in [1.82, 2.24) is 0 Å². The van der Waals surface area contributed by atoms with Gasteiger partial charge in [0.1, 0.15) is 17.2 Å². The summed E-state index contributed by atoms with van der Waals surface area (Å²) in [5.41, 5.74) is 0.0604. The van der Waals surface area contributed by atoms with E-state index in [4.69, 9.17) is 14.2 Å². The van der Waals surface area contributed by atoms with Gasteiger partial charge in [-0.2, -0.15) is 0 Å². The molecule has 6 heteroatoms. The maximum atomic E-state index is 10.5. The van der Waals surface area contributed by atoms with Gasteiger partial charge in [0.2, 0.25) is 0 Å². The molecular formula is C17H19NO5. The molecule has 122 valence electrons. The number of non-ortho nitro benzene ring substituents is 1. The van der Waals surface area contributed by atoms with Gasteiger partial charge in [-0.05, 0) is 49.2 Å². The molecule has 2 rings (SSSR count). The third kappa shape index (κ3) is 5.50. The third-order valence-electron chi connectivity index (χ3n) is 3.18. The van der Waals surface area contributed by atoms with Crippen molar-refractivity contribution in [3.05, 3.63) is 58.6 Å². The number of benzene rings is 2. The van der Waals surface area contributed by atoms with E-state index < -0.39 is 4.92 Å². The molecule has 0 aliphatic carbocycles. The number of nitrogens with zero attached hydrogens (tertiary/aromatic N) is 1. The standard InChI is InChI=1S/C17H19NO5/c1-21-15-8-10-17(11-9-15)23-13-3-2-12-22-16-6-4-14(5-7-16)18(19)20/h4-11H,2-3,12-13H2,1H3. The minimum absolute atomic E-state index is 0.0604. The van der Waals surface area contributed by atoms with Gasteiger partial charge in [0.15, 0.2) is 0 Å². The van der Waals surface area contributed by atoms with Crippen molar-refractivity contribution in [2.24, 2.45) is 0 Å². The van der Waals surface area contributed by atoms with Crippen LogP contribution < -0.4 is 14.2 Å². The number of nitro groups is 1. The predicted molar refractivity (Wildman–Crippen MR) is 86.3 cm³/mol. The van der Waals surface area contributed by atoms with Crippen molar-refractivity contribution in [1.29, 1.82) is 0 Å². The highest BCUT2D eigenvalue weighted by Gasteiger charge is 2.04. The van der Waals surface area contributed by atoms with E-state index in [1.165, 1.54) is 12.1 Å². The first-order valence-corrected chi connectivity index (χ1v) is 7.33. The molecule has 23 heavy (non-hydrogen) atoms. The summed E-state index contributed by atoms with van der Waals surface area (Å²) in [5, 5.41) is 10.5. The number of hydrogen-bond acceptors (Lipinski definition) is 5. The zero-order valence-electron chi connectivity index (χ0n) is 12.9. The fourth-order valence-corrected chi connectivity index (χ4v) is 1.92. The van der Waals surface area contributed by atoms with Gasteiger partial charge in [0.25, 0.3) is 5.69 Å². The van der Waals surface area contributed by atoms with Crippen molar-refractivity contribution in [3.63, 3.8) is 0 Å². The molecule has 0 N–H and O–H groups in total. The monoisotopic (exact) mass is 317 g/mol. The molecule has 0 aliphatic heterocycles. The fraction of sp³-hybridized carbons (Fsp3) is 0.294. The molecular weight excluding hydrogens is 298 g/mol. The van der Waals surface area contributed by atoms with Gasteiger partial charge in [0, 0.05) is 12.1 Å². The lowest BCUT2D eigenvalue weighted by molar-refractivity contribution is -0.384. The molecule has 0 heterocycles. The van der Waals surface area contributed by atoms with Crippen molar-refractivity contribution >= 4 is 5.69 Å². The van der Waals surface area contributed by atoms with Gasteiger partial charge < -0.3 is 14.2 Å². The number of methoxy groups -OCH3 is 1. The molecule has 2 aromatic carbocycles. The molecule has 0 saturated carbocycles. The molecule has 0 atom stereocenters. The molecule has 0 spiro atoms. The van der Waals surface area contributed by atoms with Crippen LogP contribution in [0.1, 0.15) is 12.8 Å². The Bertz CT molecular complexity index is 610. The first kappa shape index (κ1) is 16.6. The van der Waals surface area contributed by atoms with Crippen LogP contribution in [0.5, 0.6) is 17.2 Å². The van der Waals surface area contributed by atoms with Crippen LogP contribution in [0.25, 0.3) is 0 Å². The van der Waals surface area contributed by atoms with E-state index in [9.17, 15) is 10.1 Å². The number of unbranched alkanes of at least 4 members (excludes halogenated alkanes) is 1. The molecule has 0 unspecified atom stereocenters. The van der Waals surface area contributed by atoms with Gasteiger partial charge in [-0.25, -0.2) is 0 Å². The summed E-state index contributed by atoms with van der Waals surface area (Å²) < 4.78 is 16.2. The summed E-state index contributed by atoms with van der Waals surface area (Å²) in [6.07, 6.45) is 1.70. The molecule has 0 aliphatic rings.